The van der Waals surface area contributed by atoms with Gasteiger partial charge in [0.15, 0.2) is 0 Å². The first kappa shape index (κ1) is 21.1. The van der Waals surface area contributed by atoms with Crippen molar-refractivity contribution in [2.75, 3.05) is 31.7 Å². The Hall–Kier alpha value is -2.61. The highest BCUT2D eigenvalue weighted by Gasteiger charge is 2.22. The highest BCUT2D eigenvalue weighted by molar-refractivity contribution is 7.92. The molecule has 29 heavy (non-hydrogen) atoms. The zero-order valence-corrected chi connectivity index (χ0v) is 17.4. The van der Waals surface area contributed by atoms with Gasteiger partial charge in [-0.25, -0.2) is 8.42 Å². The van der Waals surface area contributed by atoms with Crippen molar-refractivity contribution < 1.29 is 18.3 Å². The van der Waals surface area contributed by atoms with Crippen molar-refractivity contribution in [1.82, 2.24) is 4.57 Å². The summed E-state index contributed by atoms with van der Waals surface area (Å²) >= 11 is 0. The fourth-order valence-electron chi connectivity index (χ4n) is 3.31. The Morgan fingerprint density at radius 1 is 1.03 bits per heavy atom. The summed E-state index contributed by atoms with van der Waals surface area (Å²) in [6, 6.07) is 19.5. The first-order chi connectivity index (χ1) is 14.0. The molecule has 0 amide bonds. The van der Waals surface area contributed by atoms with Gasteiger partial charge in [-0.3, -0.25) is 4.31 Å². The van der Waals surface area contributed by atoms with Gasteiger partial charge < -0.3 is 14.4 Å². The Morgan fingerprint density at radius 3 is 2.34 bits per heavy atom. The average Bonchev–Trinajstić information content (AvgIpc) is 3.21. The highest BCUT2D eigenvalue weighted by Crippen LogP contribution is 2.28. The minimum atomic E-state index is -3.62. The molecule has 1 heterocycles. The van der Waals surface area contributed by atoms with Crippen LogP contribution in [0.4, 0.5) is 5.69 Å². The topological polar surface area (TPSA) is 71.8 Å². The summed E-state index contributed by atoms with van der Waals surface area (Å²) in [4.78, 5) is 0.246. The summed E-state index contributed by atoms with van der Waals surface area (Å²) in [5, 5.41) is 10.0. The Balaban J connectivity index is 1.85. The summed E-state index contributed by atoms with van der Waals surface area (Å²) in [5.74, 6) is -0.202. The first-order valence-corrected chi connectivity index (χ1v) is 10.8. The summed E-state index contributed by atoms with van der Waals surface area (Å²) in [7, 11) is -0.428. The van der Waals surface area contributed by atoms with Crippen LogP contribution in [0.1, 0.15) is 17.2 Å². The van der Waals surface area contributed by atoms with Crippen molar-refractivity contribution in [3.05, 3.63) is 84.2 Å². The van der Waals surface area contributed by atoms with Crippen LogP contribution < -0.4 is 4.31 Å². The summed E-state index contributed by atoms with van der Waals surface area (Å²) < 4.78 is 34.1. The lowest BCUT2D eigenvalue weighted by Crippen LogP contribution is -2.26. The largest absolute Gasteiger partial charge is 0.395 e. The van der Waals surface area contributed by atoms with Crippen LogP contribution >= 0.6 is 0 Å². The van der Waals surface area contributed by atoms with Crippen LogP contribution in [0.5, 0.6) is 0 Å². The smallest absolute Gasteiger partial charge is 0.264 e. The monoisotopic (exact) mass is 414 g/mol. The number of ether oxygens (including phenoxy) is 1. The number of aliphatic hydroxyl groups is 1. The first-order valence-electron chi connectivity index (χ1n) is 9.38. The van der Waals surface area contributed by atoms with Crippen LogP contribution in [0.3, 0.4) is 0 Å². The molecular weight excluding hydrogens is 388 g/mol. The van der Waals surface area contributed by atoms with E-state index in [4.69, 9.17) is 4.74 Å². The molecule has 0 spiro atoms. The number of nitrogens with zero attached hydrogens (tertiary/aromatic N) is 2. The molecule has 154 valence electrons. The molecule has 0 radical (unpaired) electrons. The van der Waals surface area contributed by atoms with Gasteiger partial charge in [0.1, 0.15) is 0 Å². The van der Waals surface area contributed by atoms with Gasteiger partial charge in [0.25, 0.3) is 10.0 Å². The number of aliphatic hydroxyl groups excluding tert-OH is 1. The third kappa shape index (κ3) is 4.53. The summed E-state index contributed by atoms with van der Waals surface area (Å²) in [6.45, 7) is 1.24. The van der Waals surface area contributed by atoms with Crippen molar-refractivity contribution in [2.45, 2.75) is 17.4 Å². The second-order valence-electron chi connectivity index (χ2n) is 6.73. The third-order valence-electron chi connectivity index (χ3n) is 5.00. The zero-order chi connectivity index (χ0) is 20.9. The van der Waals surface area contributed by atoms with Crippen LogP contribution in [0.2, 0.25) is 0 Å². The van der Waals surface area contributed by atoms with E-state index in [0.717, 1.165) is 11.3 Å². The Labute approximate surface area is 172 Å². The normalized spacial score (nSPS) is 12.7. The second kappa shape index (κ2) is 9.26. The zero-order valence-electron chi connectivity index (χ0n) is 16.6. The fraction of sp³-hybridized carbons (Fsp3) is 0.273. The average molecular weight is 415 g/mol. The van der Waals surface area contributed by atoms with Gasteiger partial charge >= 0.3 is 0 Å². The quantitative estimate of drug-likeness (QED) is 0.584. The van der Waals surface area contributed by atoms with Gasteiger partial charge in [0.05, 0.1) is 23.8 Å². The van der Waals surface area contributed by atoms with Gasteiger partial charge in [-0.1, -0.05) is 30.3 Å². The summed E-state index contributed by atoms with van der Waals surface area (Å²) in [5.41, 5.74) is 2.46. The van der Waals surface area contributed by atoms with Crippen molar-refractivity contribution in [3.8, 4) is 0 Å². The van der Waals surface area contributed by atoms with Gasteiger partial charge in [-0.2, -0.15) is 0 Å². The van der Waals surface area contributed by atoms with E-state index in [2.05, 4.69) is 4.57 Å². The molecule has 1 N–H and O–H groups in total. The highest BCUT2D eigenvalue weighted by atomic mass is 32.2. The molecule has 3 aromatic rings. The molecule has 0 bridgehead atoms. The second-order valence-corrected chi connectivity index (χ2v) is 8.70. The SMILES string of the molecule is COCCn1cccc1C(CO)c1ccc(N(C)S(=O)(=O)c2ccccc2)cc1. The molecule has 2 aromatic carbocycles. The molecular formula is C22H26N2O4S. The molecule has 7 heteroatoms. The number of rotatable bonds is 9. The molecule has 0 aliphatic heterocycles. The van der Waals surface area contributed by atoms with E-state index in [1.165, 1.54) is 11.4 Å². The van der Waals surface area contributed by atoms with Crippen LogP contribution in [-0.4, -0.2) is 45.5 Å². The van der Waals surface area contributed by atoms with E-state index in [-0.39, 0.29) is 17.4 Å². The Kier molecular flexibility index (Phi) is 6.74. The maximum absolute atomic E-state index is 12.8. The molecule has 3 rings (SSSR count). The molecule has 0 saturated heterocycles. The number of hydrogen-bond acceptors (Lipinski definition) is 4. The van der Waals surface area contributed by atoms with Crippen molar-refractivity contribution in [2.24, 2.45) is 0 Å². The van der Waals surface area contributed by atoms with Crippen LogP contribution in [0.15, 0.2) is 77.8 Å². The number of aromatic nitrogens is 1. The number of hydrogen-bond donors (Lipinski definition) is 1. The van der Waals surface area contributed by atoms with E-state index < -0.39 is 10.0 Å². The van der Waals surface area contributed by atoms with Gasteiger partial charge in [0.2, 0.25) is 0 Å². The predicted octanol–water partition coefficient (Wildman–Crippen LogP) is 3.08. The third-order valence-corrected chi connectivity index (χ3v) is 6.80. The van der Waals surface area contributed by atoms with Gasteiger partial charge in [-0.05, 0) is 42.0 Å². The van der Waals surface area contributed by atoms with Crippen LogP contribution in [0.25, 0.3) is 0 Å². The number of sulfonamides is 1. The number of benzene rings is 2. The molecule has 1 aromatic heterocycles. The van der Waals surface area contributed by atoms with E-state index in [1.54, 1.807) is 49.6 Å². The van der Waals surface area contributed by atoms with E-state index in [0.29, 0.717) is 18.8 Å². The van der Waals surface area contributed by atoms with Crippen molar-refractivity contribution in [3.63, 3.8) is 0 Å². The molecule has 1 atom stereocenters. The standard InChI is InChI=1S/C22H26N2O4S/c1-23(29(26,27)20-7-4-3-5-8-20)19-12-10-18(11-13-19)21(17-25)22-9-6-14-24(22)15-16-28-2/h3-14,21,25H,15-17H2,1-2H3. The maximum Gasteiger partial charge on any atom is 0.264 e. The maximum atomic E-state index is 12.8. The Bertz CT molecular complexity index is 1010. The molecule has 0 aliphatic rings. The van der Waals surface area contributed by atoms with Crippen molar-refractivity contribution in [1.29, 1.82) is 0 Å². The van der Waals surface area contributed by atoms with Crippen molar-refractivity contribution >= 4 is 15.7 Å². The summed E-state index contributed by atoms with van der Waals surface area (Å²) in [6.07, 6.45) is 1.96. The molecule has 6 nitrogen and oxygen atoms in total. The molecule has 0 fully saturated rings. The lowest BCUT2D eigenvalue weighted by molar-refractivity contribution is 0.185. The molecule has 0 saturated carbocycles. The number of anilines is 1. The molecule has 0 aliphatic carbocycles. The van der Waals surface area contributed by atoms with Crippen LogP contribution in [-0.2, 0) is 21.3 Å². The number of methoxy groups -OCH3 is 1. The van der Waals surface area contributed by atoms with E-state index in [9.17, 15) is 13.5 Å². The Morgan fingerprint density at radius 2 is 1.72 bits per heavy atom. The van der Waals surface area contributed by atoms with Gasteiger partial charge in [-0.15, -0.1) is 0 Å². The fourth-order valence-corrected chi connectivity index (χ4v) is 4.53. The van der Waals surface area contributed by atoms with Crippen LogP contribution in [0, 0.1) is 0 Å². The van der Waals surface area contributed by atoms with E-state index in [1.807, 2.05) is 30.5 Å². The van der Waals surface area contributed by atoms with Gasteiger partial charge in [0, 0.05) is 38.5 Å². The lowest BCUT2D eigenvalue weighted by atomic mass is 9.96. The van der Waals surface area contributed by atoms with E-state index >= 15 is 0 Å². The predicted molar refractivity (Wildman–Crippen MR) is 114 cm³/mol. The minimum Gasteiger partial charge on any atom is -0.395 e. The molecule has 1 unspecified atom stereocenters. The lowest BCUT2D eigenvalue weighted by Gasteiger charge is -2.22. The minimum absolute atomic E-state index is 0.0471.